The molecule has 0 aliphatic rings. The summed E-state index contributed by atoms with van der Waals surface area (Å²) in [5, 5.41) is 0. The summed E-state index contributed by atoms with van der Waals surface area (Å²) in [4.78, 5) is 11.2. The van der Waals surface area contributed by atoms with Gasteiger partial charge in [-0.3, -0.25) is 8.98 Å². The standard InChI is InChI=1S/C17H26O5S/c1-4-15(7-5-6-8-17(18)21-3)13-22-23(19,20)16-11-9-14(2)10-12-16/h9-12,15H,4-8,13H2,1-3H3. The summed E-state index contributed by atoms with van der Waals surface area (Å²) in [5.41, 5.74) is 1.00. The largest absolute Gasteiger partial charge is 0.469 e. The number of hydrogen-bond acceptors (Lipinski definition) is 5. The molecule has 0 heterocycles. The number of benzene rings is 1. The molecule has 1 aromatic rings. The Morgan fingerprint density at radius 1 is 1.17 bits per heavy atom. The minimum absolute atomic E-state index is 0.160. The third-order valence-electron chi connectivity index (χ3n) is 3.82. The molecular formula is C17H26O5S. The quantitative estimate of drug-likeness (QED) is 0.370. The van der Waals surface area contributed by atoms with Crippen molar-refractivity contribution in [1.82, 2.24) is 0 Å². The van der Waals surface area contributed by atoms with Gasteiger partial charge in [0.05, 0.1) is 18.6 Å². The fraction of sp³-hybridized carbons (Fsp3) is 0.588. The van der Waals surface area contributed by atoms with Crippen LogP contribution in [-0.2, 0) is 23.8 Å². The minimum Gasteiger partial charge on any atom is -0.469 e. The van der Waals surface area contributed by atoms with Crippen molar-refractivity contribution in [3.63, 3.8) is 0 Å². The maximum atomic E-state index is 12.1. The lowest BCUT2D eigenvalue weighted by atomic mass is 10.00. The van der Waals surface area contributed by atoms with Gasteiger partial charge in [-0.25, -0.2) is 0 Å². The number of ether oxygens (including phenoxy) is 1. The molecule has 5 nitrogen and oxygen atoms in total. The zero-order valence-electron chi connectivity index (χ0n) is 14.1. The Balaban J connectivity index is 2.43. The van der Waals surface area contributed by atoms with E-state index in [1.165, 1.54) is 7.11 Å². The normalized spacial score (nSPS) is 12.8. The van der Waals surface area contributed by atoms with Crippen LogP contribution in [0.2, 0.25) is 0 Å². The van der Waals surface area contributed by atoms with Gasteiger partial charge in [0.1, 0.15) is 0 Å². The summed E-state index contributed by atoms with van der Waals surface area (Å²) in [5.74, 6) is -0.0517. The molecule has 130 valence electrons. The van der Waals surface area contributed by atoms with Crippen LogP contribution in [0.5, 0.6) is 0 Å². The molecule has 1 aromatic carbocycles. The Hall–Kier alpha value is -1.40. The van der Waals surface area contributed by atoms with Crippen LogP contribution in [0.25, 0.3) is 0 Å². The smallest absolute Gasteiger partial charge is 0.305 e. The van der Waals surface area contributed by atoms with E-state index in [1.54, 1.807) is 24.3 Å². The number of methoxy groups -OCH3 is 1. The van der Waals surface area contributed by atoms with Crippen LogP contribution >= 0.6 is 0 Å². The first kappa shape index (κ1) is 19.6. The van der Waals surface area contributed by atoms with E-state index in [0.29, 0.717) is 6.42 Å². The molecule has 0 saturated heterocycles. The number of esters is 1. The summed E-state index contributed by atoms with van der Waals surface area (Å²) >= 11 is 0. The van der Waals surface area contributed by atoms with E-state index in [1.807, 2.05) is 13.8 Å². The van der Waals surface area contributed by atoms with Gasteiger partial charge in [0.25, 0.3) is 10.1 Å². The van der Waals surface area contributed by atoms with Crippen molar-refractivity contribution in [2.75, 3.05) is 13.7 Å². The Morgan fingerprint density at radius 2 is 1.83 bits per heavy atom. The summed E-state index contributed by atoms with van der Waals surface area (Å²) < 4.78 is 34.1. The molecule has 0 amide bonds. The second-order valence-corrected chi connectivity index (χ2v) is 7.26. The lowest BCUT2D eigenvalue weighted by molar-refractivity contribution is -0.140. The Labute approximate surface area is 139 Å². The van der Waals surface area contributed by atoms with Crippen LogP contribution in [0.3, 0.4) is 0 Å². The topological polar surface area (TPSA) is 69.7 Å². The van der Waals surface area contributed by atoms with E-state index in [2.05, 4.69) is 4.74 Å². The number of aryl methyl sites for hydroxylation is 1. The van der Waals surface area contributed by atoms with E-state index in [9.17, 15) is 13.2 Å². The Bertz CT molecular complexity index is 578. The molecule has 0 N–H and O–H groups in total. The van der Waals surface area contributed by atoms with E-state index in [0.717, 1.165) is 31.2 Å². The third kappa shape index (κ3) is 7.14. The van der Waals surface area contributed by atoms with Crippen LogP contribution in [0.4, 0.5) is 0 Å². The fourth-order valence-corrected chi connectivity index (χ4v) is 3.15. The van der Waals surface area contributed by atoms with E-state index in [4.69, 9.17) is 4.18 Å². The van der Waals surface area contributed by atoms with E-state index < -0.39 is 10.1 Å². The first-order valence-corrected chi connectivity index (χ1v) is 9.32. The summed E-state index contributed by atoms with van der Waals surface area (Å²) in [6.45, 7) is 4.08. The van der Waals surface area contributed by atoms with Crippen LogP contribution in [0.15, 0.2) is 29.2 Å². The van der Waals surface area contributed by atoms with Crippen molar-refractivity contribution in [3.05, 3.63) is 29.8 Å². The number of rotatable bonds is 10. The lowest BCUT2D eigenvalue weighted by Crippen LogP contribution is -2.14. The lowest BCUT2D eigenvalue weighted by Gasteiger charge is -2.15. The average molecular weight is 342 g/mol. The number of unbranched alkanes of at least 4 members (excludes halogenated alkanes) is 1. The van der Waals surface area contributed by atoms with Gasteiger partial charge in [0, 0.05) is 6.42 Å². The monoisotopic (exact) mass is 342 g/mol. The molecule has 0 radical (unpaired) electrons. The van der Waals surface area contributed by atoms with E-state index in [-0.39, 0.29) is 23.4 Å². The molecule has 23 heavy (non-hydrogen) atoms. The summed E-state index contributed by atoms with van der Waals surface area (Å²) in [7, 11) is -2.33. The molecule has 0 saturated carbocycles. The highest BCUT2D eigenvalue weighted by Crippen LogP contribution is 2.18. The third-order valence-corrected chi connectivity index (χ3v) is 5.11. The van der Waals surface area contributed by atoms with Gasteiger partial charge in [0.2, 0.25) is 0 Å². The maximum Gasteiger partial charge on any atom is 0.305 e. The van der Waals surface area contributed by atoms with Gasteiger partial charge < -0.3 is 4.74 Å². The molecule has 0 bridgehead atoms. The van der Waals surface area contributed by atoms with Crippen LogP contribution < -0.4 is 0 Å². The number of hydrogen-bond donors (Lipinski definition) is 0. The first-order valence-electron chi connectivity index (χ1n) is 7.92. The van der Waals surface area contributed by atoms with Gasteiger partial charge in [-0.15, -0.1) is 0 Å². The van der Waals surface area contributed by atoms with Crippen molar-refractivity contribution in [1.29, 1.82) is 0 Å². The SMILES string of the molecule is CCC(CCCCC(=O)OC)COS(=O)(=O)c1ccc(C)cc1. The number of carbonyl (C=O) groups is 1. The van der Waals surface area contributed by atoms with Crippen LogP contribution in [0, 0.1) is 12.8 Å². The molecule has 1 unspecified atom stereocenters. The molecule has 0 aliphatic heterocycles. The molecule has 0 aromatic heterocycles. The fourth-order valence-electron chi connectivity index (χ4n) is 2.17. The summed E-state index contributed by atoms with van der Waals surface area (Å²) in [6.07, 6.45) is 3.66. The zero-order chi connectivity index (χ0) is 17.3. The van der Waals surface area contributed by atoms with Crippen molar-refractivity contribution >= 4 is 16.1 Å². The molecule has 1 rings (SSSR count). The maximum absolute atomic E-state index is 12.1. The van der Waals surface area contributed by atoms with Crippen molar-refractivity contribution < 1.29 is 22.1 Å². The second kappa shape index (κ2) is 9.67. The van der Waals surface area contributed by atoms with Gasteiger partial charge >= 0.3 is 5.97 Å². The van der Waals surface area contributed by atoms with Crippen molar-refractivity contribution in [2.45, 2.75) is 50.8 Å². The Morgan fingerprint density at radius 3 is 2.39 bits per heavy atom. The minimum atomic E-state index is -3.70. The molecule has 0 fully saturated rings. The Kier molecular flexibility index (Phi) is 8.26. The highest BCUT2D eigenvalue weighted by Gasteiger charge is 2.17. The van der Waals surface area contributed by atoms with E-state index >= 15 is 0 Å². The highest BCUT2D eigenvalue weighted by atomic mass is 32.2. The van der Waals surface area contributed by atoms with Gasteiger partial charge in [-0.1, -0.05) is 37.5 Å². The van der Waals surface area contributed by atoms with Gasteiger partial charge in [-0.2, -0.15) is 8.42 Å². The second-order valence-electron chi connectivity index (χ2n) is 5.65. The van der Waals surface area contributed by atoms with Crippen molar-refractivity contribution in [2.24, 2.45) is 5.92 Å². The molecule has 0 spiro atoms. The first-order chi connectivity index (χ1) is 10.9. The zero-order valence-corrected chi connectivity index (χ0v) is 14.9. The van der Waals surface area contributed by atoms with Crippen LogP contribution in [-0.4, -0.2) is 28.1 Å². The molecule has 0 aliphatic carbocycles. The van der Waals surface area contributed by atoms with Crippen LogP contribution in [0.1, 0.15) is 44.6 Å². The molecule has 6 heteroatoms. The summed E-state index contributed by atoms with van der Waals surface area (Å²) in [6, 6.07) is 6.62. The predicted molar refractivity (Wildman–Crippen MR) is 88.6 cm³/mol. The van der Waals surface area contributed by atoms with Gasteiger partial charge in [0.15, 0.2) is 0 Å². The average Bonchev–Trinajstić information content (AvgIpc) is 2.54. The molecular weight excluding hydrogens is 316 g/mol. The molecule has 1 atom stereocenters. The number of carbonyl (C=O) groups excluding carboxylic acids is 1. The van der Waals surface area contributed by atoms with Crippen molar-refractivity contribution in [3.8, 4) is 0 Å². The predicted octanol–water partition coefficient (Wildman–Crippen LogP) is 3.46. The van der Waals surface area contributed by atoms with Gasteiger partial charge in [-0.05, 0) is 37.8 Å². The highest BCUT2D eigenvalue weighted by molar-refractivity contribution is 7.86.